The zero-order valence-electron chi connectivity index (χ0n) is 13.0. The van der Waals surface area contributed by atoms with Gasteiger partial charge in [-0.2, -0.15) is 0 Å². The number of fused-ring (bicyclic) bond motifs is 1. The van der Waals surface area contributed by atoms with Crippen LogP contribution in [0.5, 0.6) is 0 Å². The van der Waals surface area contributed by atoms with Gasteiger partial charge >= 0.3 is 6.03 Å². The lowest BCUT2D eigenvalue weighted by Crippen LogP contribution is -2.28. The second-order valence-electron chi connectivity index (χ2n) is 5.28. The molecule has 122 valence electrons. The lowest BCUT2D eigenvalue weighted by molar-refractivity contribution is 0.102. The maximum atomic E-state index is 12.3. The third-order valence-electron chi connectivity index (χ3n) is 3.44. The van der Waals surface area contributed by atoms with Crippen molar-refractivity contribution in [3.63, 3.8) is 0 Å². The van der Waals surface area contributed by atoms with Crippen molar-refractivity contribution < 1.29 is 14.0 Å². The molecule has 3 amide bonds. The fourth-order valence-corrected chi connectivity index (χ4v) is 2.29. The predicted octanol–water partition coefficient (Wildman–Crippen LogP) is 2.56. The number of nitrogens with two attached hydrogens (primary N) is 1. The predicted molar refractivity (Wildman–Crippen MR) is 89.6 cm³/mol. The Hall–Kier alpha value is -3.35. The van der Waals surface area contributed by atoms with E-state index in [9.17, 15) is 9.59 Å². The highest BCUT2D eigenvalue weighted by atomic mass is 16.3. The number of anilines is 1. The van der Waals surface area contributed by atoms with Crippen LogP contribution in [0.15, 0.2) is 46.9 Å². The molecule has 24 heavy (non-hydrogen) atoms. The van der Waals surface area contributed by atoms with Crippen LogP contribution in [0.4, 0.5) is 10.5 Å². The van der Waals surface area contributed by atoms with Gasteiger partial charge in [0.25, 0.3) is 5.91 Å². The molecule has 0 aliphatic rings. The SMILES string of the molecule is Cc1nc2cc(NC(=O)c3ccc(CNC(N)=O)cc3)ccc2o1. The van der Waals surface area contributed by atoms with Crippen molar-refractivity contribution in [2.24, 2.45) is 5.73 Å². The first-order chi connectivity index (χ1) is 11.5. The van der Waals surface area contributed by atoms with Crippen molar-refractivity contribution in [3.8, 4) is 0 Å². The lowest BCUT2D eigenvalue weighted by atomic mass is 10.1. The summed E-state index contributed by atoms with van der Waals surface area (Å²) < 4.78 is 5.40. The van der Waals surface area contributed by atoms with Crippen molar-refractivity contribution >= 4 is 28.7 Å². The van der Waals surface area contributed by atoms with Crippen LogP contribution in [0.3, 0.4) is 0 Å². The van der Waals surface area contributed by atoms with Gasteiger partial charge in [0.05, 0.1) is 0 Å². The van der Waals surface area contributed by atoms with Gasteiger partial charge in [-0.1, -0.05) is 12.1 Å². The van der Waals surface area contributed by atoms with Gasteiger partial charge in [0.2, 0.25) is 0 Å². The molecule has 4 N–H and O–H groups in total. The number of oxazole rings is 1. The quantitative estimate of drug-likeness (QED) is 0.685. The van der Waals surface area contributed by atoms with Gasteiger partial charge in [-0.05, 0) is 35.9 Å². The zero-order chi connectivity index (χ0) is 17.1. The van der Waals surface area contributed by atoms with Gasteiger partial charge in [0, 0.05) is 24.7 Å². The number of carbonyl (C=O) groups is 2. The second kappa shape index (κ2) is 6.41. The van der Waals surface area contributed by atoms with Crippen LogP contribution in [-0.2, 0) is 6.54 Å². The molecule has 1 aromatic heterocycles. The molecule has 0 radical (unpaired) electrons. The molecule has 0 aliphatic heterocycles. The number of benzene rings is 2. The summed E-state index contributed by atoms with van der Waals surface area (Å²) in [5.41, 5.74) is 8.39. The molecule has 0 aliphatic carbocycles. The first-order valence-electron chi connectivity index (χ1n) is 7.32. The van der Waals surface area contributed by atoms with E-state index in [0.717, 1.165) is 5.56 Å². The highest BCUT2D eigenvalue weighted by molar-refractivity contribution is 6.04. The van der Waals surface area contributed by atoms with E-state index in [0.29, 0.717) is 34.8 Å². The first kappa shape index (κ1) is 15.5. The first-order valence-corrected chi connectivity index (χ1v) is 7.32. The fourth-order valence-electron chi connectivity index (χ4n) is 2.29. The molecule has 0 unspecified atom stereocenters. The fraction of sp³-hybridized carbons (Fsp3) is 0.118. The summed E-state index contributed by atoms with van der Waals surface area (Å²) in [4.78, 5) is 27.2. The zero-order valence-corrected chi connectivity index (χ0v) is 13.0. The highest BCUT2D eigenvalue weighted by Crippen LogP contribution is 2.20. The molecular weight excluding hydrogens is 308 g/mol. The number of hydrogen-bond donors (Lipinski definition) is 3. The van der Waals surface area contributed by atoms with Gasteiger partial charge in [0.1, 0.15) is 5.52 Å². The lowest BCUT2D eigenvalue weighted by Gasteiger charge is -2.06. The number of rotatable bonds is 4. The monoisotopic (exact) mass is 324 g/mol. The number of carbonyl (C=O) groups excluding carboxylic acids is 2. The molecule has 0 atom stereocenters. The Kier molecular flexibility index (Phi) is 4.15. The minimum Gasteiger partial charge on any atom is -0.441 e. The standard InChI is InChI=1S/C17H16N4O3/c1-10-20-14-8-13(6-7-15(14)24-10)21-16(22)12-4-2-11(3-5-12)9-19-17(18)23/h2-8H,9H2,1H3,(H,21,22)(H3,18,19,23). The molecule has 1 heterocycles. The van der Waals surface area contributed by atoms with Crippen molar-refractivity contribution in [1.29, 1.82) is 0 Å². The number of aryl methyl sites for hydroxylation is 1. The molecule has 0 saturated carbocycles. The van der Waals surface area contributed by atoms with Crippen LogP contribution < -0.4 is 16.4 Å². The Morgan fingerprint density at radius 2 is 1.92 bits per heavy atom. The number of urea groups is 1. The van der Waals surface area contributed by atoms with Crippen molar-refractivity contribution in [2.75, 3.05) is 5.32 Å². The minimum absolute atomic E-state index is 0.232. The van der Waals surface area contributed by atoms with Crippen molar-refractivity contribution in [1.82, 2.24) is 10.3 Å². The van der Waals surface area contributed by atoms with E-state index in [1.807, 2.05) is 0 Å². The van der Waals surface area contributed by atoms with E-state index in [1.165, 1.54) is 0 Å². The molecule has 7 nitrogen and oxygen atoms in total. The van der Waals surface area contributed by atoms with Gasteiger partial charge in [-0.3, -0.25) is 4.79 Å². The molecule has 3 rings (SSSR count). The van der Waals surface area contributed by atoms with E-state index in [1.54, 1.807) is 49.4 Å². The van der Waals surface area contributed by atoms with Gasteiger partial charge in [-0.15, -0.1) is 0 Å². The number of amides is 3. The molecular formula is C17H16N4O3. The molecule has 7 heteroatoms. The minimum atomic E-state index is -0.588. The van der Waals surface area contributed by atoms with E-state index < -0.39 is 6.03 Å². The molecule has 0 fully saturated rings. The van der Waals surface area contributed by atoms with E-state index >= 15 is 0 Å². The molecule has 0 bridgehead atoms. The number of aromatic nitrogens is 1. The van der Waals surface area contributed by atoms with Crippen LogP contribution in [0, 0.1) is 6.92 Å². The second-order valence-corrected chi connectivity index (χ2v) is 5.28. The summed E-state index contributed by atoms with van der Waals surface area (Å²) in [5.74, 6) is 0.345. The summed E-state index contributed by atoms with van der Waals surface area (Å²) in [6, 6.07) is 11.6. The average molecular weight is 324 g/mol. The summed E-state index contributed by atoms with van der Waals surface area (Å²) in [7, 11) is 0. The average Bonchev–Trinajstić information content (AvgIpc) is 2.92. The Labute approximate surface area is 137 Å². The van der Waals surface area contributed by atoms with Crippen molar-refractivity contribution in [2.45, 2.75) is 13.5 Å². The van der Waals surface area contributed by atoms with E-state index in [-0.39, 0.29) is 5.91 Å². The summed E-state index contributed by atoms with van der Waals surface area (Å²) in [5, 5.41) is 5.31. The molecule has 3 aromatic rings. The van der Waals surface area contributed by atoms with Crippen LogP contribution >= 0.6 is 0 Å². The maximum absolute atomic E-state index is 12.3. The van der Waals surface area contributed by atoms with Gasteiger partial charge in [0.15, 0.2) is 11.5 Å². The summed E-state index contributed by atoms with van der Waals surface area (Å²) in [6.07, 6.45) is 0. The van der Waals surface area contributed by atoms with Crippen LogP contribution in [0.1, 0.15) is 21.8 Å². The molecule has 0 spiro atoms. The Balaban J connectivity index is 1.70. The molecule has 2 aromatic carbocycles. The normalized spacial score (nSPS) is 10.5. The van der Waals surface area contributed by atoms with Crippen LogP contribution in [0.25, 0.3) is 11.1 Å². The van der Waals surface area contributed by atoms with E-state index in [2.05, 4.69) is 15.6 Å². The number of hydrogen-bond acceptors (Lipinski definition) is 4. The number of nitrogens with one attached hydrogen (secondary N) is 2. The number of nitrogens with zero attached hydrogens (tertiary/aromatic N) is 1. The molecule has 0 saturated heterocycles. The van der Waals surface area contributed by atoms with Crippen molar-refractivity contribution in [3.05, 3.63) is 59.5 Å². The van der Waals surface area contributed by atoms with E-state index in [4.69, 9.17) is 10.2 Å². The largest absolute Gasteiger partial charge is 0.441 e. The topological polar surface area (TPSA) is 110 Å². The highest BCUT2D eigenvalue weighted by Gasteiger charge is 2.08. The Morgan fingerprint density at radius 3 is 2.62 bits per heavy atom. The Bertz CT molecular complexity index is 900. The van der Waals surface area contributed by atoms with Crippen LogP contribution in [0.2, 0.25) is 0 Å². The maximum Gasteiger partial charge on any atom is 0.312 e. The third kappa shape index (κ3) is 3.52. The third-order valence-corrected chi connectivity index (χ3v) is 3.44. The Morgan fingerprint density at radius 1 is 1.17 bits per heavy atom. The van der Waals surface area contributed by atoms with Gasteiger partial charge in [-0.25, -0.2) is 9.78 Å². The van der Waals surface area contributed by atoms with Crippen LogP contribution in [-0.4, -0.2) is 16.9 Å². The number of primary amides is 1. The summed E-state index contributed by atoms with van der Waals surface area (Å²) in [6.45, 7) is 2.09. The smallest absolute Gasteiger partial charge is 0.312 e. The van der Waals surface area contributed by atoms with Gasteiger partial charge < -0.3 is 20.8 Å². The summed E-state index contributed by atoms with van der Waals surface area (Å²) >= 11 is 0.